The van der Waals surface area contributed by atoms with E-state index >= 15 is 0 Å². The highest BCUT2D eigenvalue weighted by Crippen LogP contribution is 2.28. The van der Waals surface area contributed by atoms with Crippen LogP contribution in [0.3, 0.4) is 0 Å². The molecule has 3 N–H and O–H groups in total. The van der Waals surface area contributed by atoms with Crippen LogP contribution in [0.25, 0.3) is 0 Å². The lowest BCUT2D eigenvalue weighted by Gasteiger charge is -2.08. The largest absolute Gasteiger partial charge is 0.480 e. The first kappa shape index (κ1) is 13.4. The van der Waals surface area contributed by atoms with Crippen LogP contribution in [0.1, 0.15) is 17.7 Å². The number of aliphatic carboxylic acids is 1. The van der Waals surface area contributed by atoms with E-state index in [4.69, 9.17) is 10.8 Å². The number of aromatic nitrogens is 1. The van der Waals surface area contributed by atoms with Crippen molar-refractivity contribution < 1.29 is 23.1 Å². The second kappa shape index (κ2) is 5.13. The van der Waals surface area contributed by atoms with Gasteiger partial charge in [0.05, 0.1) is 5.56 Å². The van der Waals surface area contributed by atoms with Gasteiger partial charge in [0.1, 0.15) is 6.04 Å². The Morgan fingerprint density at radius 3 is 2.53 bits per heavy atom. The summed E-state index contributed by atoms with van der Waals surface area (Å²) in [7, 11) is 0. The average Bonchev–Trinajstić information content (AvgIpc) is 2.25. The Hall–Kier alpha value is -1.63. The van der Waals surface area contributed by atoms with Gasteiger partial charge in [-0.25, -0.2) is 0 Å². The topological polar surface area (TPSA) is 76.2 Å². The lowest BCUT2D eigenvalue weighted by Crippen LogP contribution is -2.30. The predicted octanol–water partition coefficient (Wildman–Crippen LogP) is 1.44. The summed E-state index contributed by atoms with van der Waals surface area (Å²) >= 11 is 0. The lowest BCUT2D eigenvalue weighted by atomic mass is 10.1. The molecule has 0 unspecified atom stereocenters. The van der Waals surface area contributed by atoms with E-state index in [2.05, 4.69) is 4.98 Å². The number of aryl methyl sites for hydroxylation is 1. The third-order valence-corrected chi connectivity index (χ3v) is 2.18. The molecular weight excluding hydrogens is 237 g/mol. The van der Waals surface area contributed by atoms with Gasteiger partial charge in [-0.2, -0.15) is 13.2 Å². The van der Waals surface area contributed by atoms with E-state index in [0.717, 1.165) is 12.3 Å². The minimum absolute atomic E-state index is 0.133. The molecule has 1 aromatic heterocycles. The Labute approximate surface area is 95.3 Å². The van der Waals surface area contributed by atoms with Crippen molar-refractivity contribution in [1.82, 2.24) is 4.98 Å². The van der Waals surface area contributed by atoms with Crippen LogP contribution in [0, 0.1) is 0 Å². The first-order valence-corrected chi connectivity index (χ1v) is 4.81. The smallest absolute Gasteiger partial charge is 0.417 e. The summed E-state index contributed by atoms with van der Waals surface area (Å²) in [5.41, 5.74) is 4.81. The molecule has 17 heavy (non-hydrogen) atoms. The summed E-state index contributed by atoms with van der Waals surface area (Å²) in [6.07, 6.45) is -3.33. The van der Waals surface area contributed by atoms with Crippen LogP contribution in [0.5, 0.6) is 0 Å². The highest BCUT2D eigenvalue weighted by molar-refractivity contribution is 5.72. The second-order valence-corrected chi connectivity index (χ2v) is 3.52. The molecule has 94 valence electrons. The van der Waals surface area contributed by atoms with Crippen molar-refractivity contribution >= 4 is 5.97 Å². The zero-order chi connectivity index (χ0) is 13.1. The van der Waals surface area contributed by atoms with Crippen LogP contribution < -0.4 is 5.73 Å². The fourth-order valence-electron chi connectivity index (χ4n) is 1.17. The first-order chi connectivity index (χ1) is 7.80. The number of nitrogens with two attached hydrogens (primary N) is 1. The molecule has 1 atom stereocenters. The summed E-state index contributed by atoms with van der Waals surface area (Å²) < 4.78 is 36.6. The van der Waals surface area contributed by atoms with Crippen molar-refractivity contribution in [3.8, 4) is 0 Å². The van der Waals surface area contributed by atoms with E-state index in [1.54, 1.807) is 0 Å². The maximum absolute atomic E-state index is 12.2. The van der Waals surface area contributed by atoms with Gasteiger partial charge in [-0.1, -0.05) is 0 Å². The van der Waals surface area contributed by atoms with Gasteiger partial charge < -0.3 is 10.8 Å². The molecule has 0 bridgehead atoms. The van der Waals surface area contributed by atoms with Crippen LogP contribution in [0.2, 0.25) is 0 Å². The van der Waals surface area contributed by atoms with E-state index in [1.165, 1.54) is 6.07 Å². The Bertz CT molecular complexity index is 390. The van der Waals surface area contributed by atoms with E-state index in [9.17, 15) is 18.0 Å². The molecule has 0 aromatic carbocycles. The standard InChI is InChI=1S/C10H11F3N2O2/c11-10(12,13)6-1-2-7(15-5-6)3-4-8(14)9(16)17/h1-2,5,8H,3-4,14H2,(H,16,17)/t8-/m0/s1. The summed E-state index contributed by atoms with van der Waals surface area (Å²) in [4.78, 5) is 14.0. The minimum Gasteiger partial charge on any atom is -0.480 e. The molecule has 0 aliphatic heterocycles. The number of nitrogens with zero attached hydrogens (tertiary/aromatic N) is 1. The van der Waals surface area contributed by atoms with Gasteiger partial charge >= 0.3 is 12.1 Å². The van der Waals surface area contributed by atoms with Crippen molar-refractivity contribution in [2.75, 3.05) is 0 Å². The van der Waals surface area contributed by atoms with Crippen LogP contribution in [0.4, 0.5) is 13.2 Å². The van der Waals surface area contributed by atoms with Crippen molar-refractivity contribution in [3.05, 3.63) is 29.6 Å². The quantitative estimate of drug-likeness (QED) is 0.845. The van der Waals surface area contributed by atoms with Gasteiger partial charge in [-0.05, 0) is 25.0 Å². The van der Waals surface area contributed by atoms with Gasteiger partial charge in [0.25, 0.3) is 0 Å². The predicted molar refractivity (Wildman–Crippen MR) is 53.2 cm³/mol. The Morgan fingerprint density at radius 1 is 1.47 bits per heavy atom. The van der Waals surface area contributed by atoms with Gasteiger partial charge in [0.15, 0.2) is 0 Å². The van der Waals surface area contributed by atoms with Gasteiger partial charge in [-0.3, -0.25) is 9.78 Å². The van der Waals surface area contributed by atoms with E-state index in [0.29, 0.717) is 5.69 Å². The lowest BCUT2D eigenvalue weighted by molar-refractivity contribution is -0.139. The molecule has 0 aliphatic rings. The van der Waals surface area contributed by atoms with Crippen LogP contribution in [-0.2, 0) is 17.4 Å². The number of hydrogen-bond donors (Lipinski definition) is 2. The van der Waals surface area contributed by atoms with Gasteiger partial charge in [0.2, 0.25) is 0 Å². The monoisotopic (exact) mass is 248 g/mol. The van der Waals surface area contributed by atoms with Crippen molar-refractivity contribution in [3.63, 3.8) is 0 Å². The fourth-order valence-corrected chi connectivity index (χ4v) is 1.17. The van der Waals surface area contributed by atoms with E-state index in [1.807, 2.05) is 0 Å². The Kier molecular flexibility index (Phi) is 4.06. The number of carboxylic acids is 1. The number of alkyl halides is 3. The van der Waals surface area contributed by atoms with Crippen LogP contribution in [-0.4, -0.2) is 22.1 Å². The molecule has 0 spiro atoms. The zero-order valence-electron chi connectivity index (χ0n) is 8.74. The Balaban J connectivity index is 2.60. The number of carboxylic acid groups (broad SMARTS) is 1. The zero-order valence-corrected chi connectivity index (χ0v) is 8.74. The number of carbonyl (C=O) groups is 1. The number of halogens is 3. The molecule has 0 amide bonds. The highest BCUT2D eigenvalue weighted by atomic mass is 19.4. The van der Waals surface area contributed by atoms with Crippen molar-refractivity contribution in [2.24, 2.45) is 5.73 Å². The second-order valence-electron chi connectivity index (χ2n) is 3.52. The highest BCUT2D eigenvalue weighted by Gasteiger charge is 2.30. The molecular formula is C10H11F3N2O2. The molecule has 1 heterocycles. The summed E-state index contributed by atoms with van der Waals surface area (Å²) in [5.74, 6) is -1.14. The van der Waals surface area contributed by atoms with Gasteiger partial charge in [-0.15, -0.1) is 0 Å². The SMILES string of the molecule is N[C@@H](CCc1ccc(C(F)(F)F)cn1)C(=O)O. The number of hydrogen-bond acceptors (Lipinski definition) is 3. The van der Waals surface area contributed by atoms with Gasteiger partial charge in [0, 0.05) is 11.9 Å². The first-order valence-electron chi connectivity index (χ1n) is 4.81. The molecule has 1 rings (SSSR count). The fraction of sp³-hybridized carbons (Fsp3) is 0.400. The third-order valence-electron chi connectivity index (χ3n) is 2.18. The van der Waals surface area contributed by atoms with Crippen molar-refractivity contribution in [2.45, 2.75) is 25.1 Å². The third kappa shape index (κ3) is 4.03. The van der Waals surface area contributed by atoms with Crippen LogP contribution >= 0.6 is 0 Å². The number of rotatable bonds is 4. The molecule has 0 aliphatic carbocycles. The van der Waals surface area contributed by atoms with E-state index in [-0.39, 0.29) is 12.8 Å². The summed E-state index contributed by atoms with van der Waals surface area (Å²) in [6, 6.07) is 1.10. The average molecular weight is 248 g/mol. The maximum Gasteiger partial charge on any atom is 0.417 e. The summed E-state index contributed by atoms with van der Waals surface area (Å²) in [5, 5.41) is 8.52. The molecule has 0 saturated heterocycles. The van der Waals surface area contributed by atoms with E-state index < -0.39 is 23.8 Å². The molecule has 4 nitrogen and oxygen atoms in total. The molecule has 1 aromatic rings. The Morgan fingerprint density at radius 2 is 2.12 bits per heavy atom. The minimum atomic E-state index is -4.41. The van der Waals surface area contributed by atoms with Crippen LogP contribution in [0.15, 0.2) is 18.3 Å². The molecule has 0 fully saturated rings. The molecule has 0 saturated carbocycles. The molecule has 0 radical (unpaired) electrons. The number of pyridine rings is 1. The maximum atomic E-state index is 12.2. The molecule has 7 heteroatoms. The summed E-state index contributed by atoms with van der Waals surface area (Å²) in [6.45, 7) is 0. The normalized spacial score (nSPS) is 13.4. The van der Waals surface area contributed by atoms with Crippen molar-refractivity contribution in [1.29, 1.82) is 0 Å².